The van der Waals surface area contributed by atoms with Gasteiger partial charge in [0.25, 0.3) is 11.6 Å². The highest BCUT2D eigenvalue weighted by molar-refractivity contribution is 5.95. The van der Waals surface area contributed by atoms with E-state index in [9.17, 15) is 19.3 Å². The fourth-order valence-corrected chi connectivity index (χ4v) is 3.24. The van der Waals surface area contributed by atoms with Crippen LogP contribution < -0.4 is 15.0 Å². The molecule has 1 aromatic heterocycles. The highest BCUT2D eigenvalue weighted by Gasteiger charge is 2.28. The molecule has 1 saturated heterocycles. The lowest BCUT2D eigenvalue weighted by atomic mass is 10.0. The van der Waals surface area contributed by atoms with Crippen LogP contribution in [0.25, 0.3) is 0 Å². The molecular weight excluding hydrogens is 357 g/mol. The number of piperidine rings is 1. The second-order valence-electron chi connectivity index (χ2n) is 6.36. The Bertz CT molecular complexity index is 859. The SMILES string of the molecule is COc1cc(N2CCC(NC(=O)c3ccoc3C)CC2)c([N+](=O)[O-])cc1F. The Morgan fingerprint density at radius 2 is 2.11 bits per heavy atom. The maximum atomic E-state index is 13.8. The third-order valence-corrected chi connectivity index (χ3v) is 4.72. The highest BCUT2D eigenvalue weighted by atomic mass is 19.1. The zero-order chi connectivity index (χ0) is 19.6. The quantitative estimate of drug-likeness (QED) is 0.635. The summed E-state index contributed by atoms with van der Waals surface area (Å²) in [6, 6.07) is 3.79. The fourth-order valence-electron chi connectivity index (χ4n) is 3.24. The van der Waals surface area contributed by atoms with E-state index in [4.69, 9.17) is 9.15 Å². The molecule has 1 N–H and O–H groups in total. The number of ether oxygens (including phenoxy) is 1. The third kappa shape index (κ3) is 3.86. The number of aryl methyl sites for hydroxylation is 1. The molecular formula is C18H20FN3O5. The van der Waals surface area contributed by atoms with Crippen LogP contribution in [0.3, 0.4) is 0 Å². The van der Waals surface area contributed by atoms with Crippen molar-refractivity contribution < 1.29 is 23.3 Å². The van der Waals surface area contributed by atoms with Gasteiger partial charge in [0.05, 0.1) is 29.9 Å². The molecule has 1 aliphatic rings. The lowest BCUT2D eigenvalue weighted by Crippen LogP contribution is -2.45. The molecule has 0 unspecified atom stereocenters. The first kappa shape index (κ1) is 18.7. The molecule has 0 spiro atoms. The second kappa shape index (κ2) is 7.65. The molecule has 0 radical (unpaired) electrons. The molecule has 3 rings (SSSR count). The van der Waals surface area contributed by atoms with E-state index in [0.717, 1.165) is 6.07 Å². The van der Waals surface area contributed by atoms with Gasteiger partial charge in [-0.15, -0.1) is 0 Å². The van der Waals surface area contributed by atoms with Gasteiger partial charge < -0.3 is 19.4 Å². The van der Waals surface area contributed by atoms with Crippen molar-refractivity contribution in [1.29, 1.82) is 0 Å². The Hall–Kier alpha value is -3.10. The van der Waals surface area contributed by atoms with Crippen molar-refractivity contribution in [2.45, 2.75) is 25.8 Å². The number of halogens is 1. The van der Waals surface area contributed by atoms with Crippen molar-refractivity contribution in [3.63, 3.8) is 0 Å². The number of rotatable bonds is 5. The molecule has 1 aromatic carbocycles. The Kier molecular flexibility index (Phi) is 5.29. The Balaban J connectivity index is 1.69. The minimum Gasteiger partial charge on any atom is -0.494 e. The monoisotopic (exact) mass is 377 g/mol. The lowest BCUT2D eigenvalue weighted by molar-refractivity contribution is -0.384. The van der Waals surface area contributed by atoms with Crippen LogP contribution in [0.15, 0.2) is 28.9 Å². The number of anilines is 1. The molecule has 0 aliphatic carbocycles. The van der Waals surface area contributed by atoms with E-state index in [1.54, 1.807) is 13.0 Å². The van der Waals surface area contributed by atoms with Gasteiger partial charge in [0.2, 0.25) is 0 Å². The van der Waals surface area contributed by atoms with Gasteiger partial charge in [-0.1, -0.05) is 0 Å². The number of methoxy groups -OCH3 is 1. The van der Waals surface area contributed by atoms with E-state index in [1.807, 2.05) is 4.90 Å². The summed E-state index contributed by atoms with van der Waals surface area (Å²) in [6.07, 6.45) is 2.69. The van der Waals surface area contributed by atoms with E-state index >= 15 is 0 Å². The number of nitrogens with zero attached hydrogens (tertiary/aromatic N) is 2. The Labute approximate surface area is 155 Å². The minimum absolute atomic E-state index is 0.0403. The summed E-state index contributed by atoms with van der Waals surface area (Å²) in [5, 5.41) is 14.3. The van der Waals surface area contributed by atoms with Crippen LogP contribution in [-0.4, -0.2) is 37.1 Å². The summed E-state index contributed by atoms with van der Waals surface area (Å²) in [5.41, 5.74) is 0.509. The van der Waals surface area contributed by atoms with Crippen LogP contribution in [0, 0.1) is 22.9 Å². The lowest BCUT2D eigenvalue weighted by Gasteiger charge is -2.33. The highest BCUT2D eigenvalue weighted by Crippen LogP contribution is 2.35. The molecule has 8 nitrogen and oxygen atoms in total. The molecule has 1 amide bonds. The summed E-state index contributed by atoms with van der Waals surface area (Å²) in [4.78, 5) is 24.8. The van der Waals surface area contributed by atoms with Gasteiger partial charge in [-0.05, 0) is 25.8 Å². The predicted octanol–water partition coefficient (Wildman–Crippen LogP) is 3.04. The second-order valence-corrected chi connectivity index (χ2v) is 6.36. The summed E-state index contributed by atoms with van der Waals surface area (Å²) < 4.78 is 23.9. The van der Waals surface area contributed by atoms with E-state index in [2.05, 4.69) is 5.32 Å². The minimum atomic E-state index is -0.773. The van der Waals surface area contributed by atoms with Gasteiger partial charge >= 0.3 is 0 Å². The number of carbonyl (C=O) groups is 1. The van der Waals surface area contributed by atoms with Crippen LogP contribution in [0.4, 0.5) is 15.8 Å². The number of nitrogens with one attached hydrogen (secondary N) is 1. The van der Waals surface area contributed by atoms with E-state index in [1.165, 1.54) is 19.4 Å². The summed E-state index contributed by atoms with van der Waals surface area (Å²) >= 11 is 0. The molecule has 0 atom stereocenters. The molecule has 2 aromatic rings. The third-order valence-electron chi connectivity index (χ3n) is 4.72. The summed E-state index contributed by atoms with van der Waals surface area (Å²) in [5.74, 6) is -0.458. The summed E-state index contributed by atoms with van der Waals surface area (Å²) in [6.45, 7) is 2.70. The molecule has 1 aliphatic heterocycles. The maximum absolute atomic E-state index is 13.8. The van der Waals surface area contributed by atoms with Gasteiger partial charge in [-0.3, -0.25) is 14.9 Å². The topological polar surface area (TPSA) is 97.8 Å². The molecule has 0 bridgehead atoms. The maximum Gasteiger partial charge on any atom is 0.295 e. The van der Waals surface area contributed by atoms with Crippen molar-refractivity contribution >= 4 is 17.3 Å². The first-order chi connectivity index (χ1) is 12.9. The number of furan rings is 1. The molecule has 9 heteroatoms. The number of nitro benzene ring substituents is 1. The van der Waals surface area contributed by atoms with Gasteiger partial charge in [0.1, 0.15) is 11.4 Å². The first-order valence-electron chi connectivity index (χ1n) is 8.52. The number of hydrogen-bond acceptors (Lipinski definition) is 6. The van der Waals surface area contributed by atoms with E-state index in [-0.39, 0.29) is 23.4 Å². The van der Waals surface area contributed by atoms with Gasteiger partial charge in [-0.2, -0.15) is 0 Å². The van der Waals surface area contributed by atoms with E-state index in [0.29, 0.717) is 42.9 Å². The largest absolute Gasteiger partial charge is 0.494 e. The molecule has 0 saturated carbocycles. The van der Waals surface area contributed by atoms with Crippen LogP contribution in [-0.2, 0) is 0 Å². The van der Waals surface area contributed by atoms with Gasteiger partial charge in [0.15, 0.2) is 11.6 Å². The molecule has 1 fully saturated rings. The predicted molar refractivity (Wildman–Crippen MR) is 95.8 cm³/mol. The average molecular weight is 377 g/mol. The Morgan fingerprint density at radius 3 is 2.67 bits per heavy atom. The first-order valence-corrected chi connectivity index (χ1v) is 8.52. The van der Waals surface area contributed by atoms with Crippen molar-refractivity contribution in [3.8, 4) is 5.75 Å². The normalized spacial score (nSPS) is 14.9. The van der Waals surface area contributed by atoms with Gasteiger partial charge in [-0.25, -0.2) is 4.39 Å². The average Bonchev–Trinajstić information content (AvgIpc) is 3.08. The number of hydrogen-bond donors (Lipinski definition) is 1. The number of amides is 1. The van der Waals surface area contributed by atoms with Crippen molar-refractivity contribution in [3.05, 3.63) is 51.7 Å². The smallest absolute Gasteiger partial charge is 0.295 e. The van der Waals surface area contributed by atoms with Crippen molar-refractivity contribution in [2.24, 2.45) is 0 Å². The van der Waals surface area contributed by atoms with Crippen molar-refractivity contribution in [1.82, 2.24) is 5.32 Å². The molecule has 2 heterocycles. The Morgan fingerprint density at radius 1 is 1.41 bits per heavy atom. The standard InChI is InChI=1S/C18H20FN3O5/c1-11-13(5-8-27-11)18(23)20-12-3-6-21(7-4-12)15-10-17(26-2)14(19)9-16(15)22(24)25/h5,8-10,12H,3-4,6-7H2,1-2H3,(H,20,23). The molecule has 144 valence electrons. The zero-order valence-corrected chi connectivity index (χ0v) is 15.0. The van der Waals surface area contributed by atoms with Crippen LogP contribution in [0.2, 0.25) is 0 Å². The van der Waals surface area contributed by atoms with Crippen LogP contribution in [0.5, 0.6) is 5.75 Å². The van der Waals surface area contributed by atoms with E-state index < -0.39 is 10.7 Å². The zero-order valence-electron chi connectivity index (χ0n) is 15.0. The fraction of sp³-hybridized carbons (Fsp3) is 0.389. The van der Waals surface area contributed by atoms with Gasteiger partial charge in [0, 0.05) is 25.2 Å². The molecule has 27 heavy (non-hydrogen) atoms. The van der Waals surface area contributed by atoms with Crippen molar-refractivity contribution in [2.75, 3.05) is 25.1 Å². The van der Waals surface area contributed by atoms with Crippen LogP contribution >= 0.6 is 0 Å². The summed E-state index contributed by atoms with van der Waals surface area (Å²) in [7, 11) is 1.31. The number of carbonyl (C=O) groups excluding carboxylic acids is 1. The number of benzene rings is 1. The number of nitro groups is 1. The van der Waals surface area contributed by atoms with Crippen LogP contribution in [0.1, 0.15) is 29.0 Å².